The number of rotatable bonds is 8. The number of benzene rings is 1. The number of hydrogen-bond acceptors (Lipinski definition) is 6. The molecule has 1 aromatic carbocycles. The highest BCUT2D eigenvalue weighted by Crippen LogP contribution is 2.31. The van der Waals surface area contributed by atoms with Crippen LogP contribution in [0.4, 0.5) is 5.69 Å². The number of hydrogen-bond donors (Lipinski definition) is 2. The first-order valence-corrected chi connectivity index (χ1v) is 10.9. The summed E-state index contributed by atoms with van der Waals surface area (Å²) in [5.41, 5.74) is 4.33. The Bertz CT molecular complexity index is 1390. The summed E-state index contributed by atoms with van der Waals surface area (Å²) in [5, 5.41) is 8.18. The van der Waals surface area contributed by atoms with E-state index in [0.717, 1.165) is 22.2 Å². The van der Waals surface area contributed by atoms with Crippen molar-refractivity contribution in [1.82, 2.24) is 19.7 Å². The van der Waals surface area contributed by atoms with Gasteiger partial charge in [0.05, 0.1) is 12.8 Å². The predicted molar refractivity (Wildman–Crippen MR) is 129 cm³/mol. The van der Waals surface area contributed by atoms with Gasteiger partial charge in [-0.15, -0.1) is 0 Å². The molecule has 0 atom stereocenters. The minimum Gasteiger partial charge on any atom is -0.493 e. The lowest BCUT2D eigenvalue weighted by Gasteiger charge is -2.13. The van der Waals surface area contributed by atoms with Gasteiger partial charge in [-0.05, 0) is 55.7 Å². The molecule has 3 aromatic heterocycles. The second kappa shape index (κ2) is 9.78. The smallest absolute Gasteiger partial charge is 0.253 e. The predicted octanol–water partition coefficient (Wildman–Crippen LogP) is 3.43. The number of pyridine rings is 2. The molecule has 0 unspecified atom stereocenters. The highest BCUT2D eigenvalue weighted by atomic mass is 16.5. The normalized spacial score (nSPS) is 10.9. The molecule has 0 saturated heterocycles. The van der Waals surface area contributed by atoms with E-state index >= 15 is 0 Å². The number of H-pyrrole nitrogens is 1. The molecule has 9 heteroatoms. The number of aromatic amines is 1. The number of carbonyl (C=O) groups is 1. The zero-order chi connectivity index (χ0) is 24.2. The van der Waals surface area contributed by atoms with Gasteiger partial charge in [-0.1, -0.05) is 0 Å². The van der Waals surface area contributed by atoms with E-state index in [4.69, 9.17) is 9.47 Å². The molecule has 0 spiro atoms. The van der Waals surface area contributed by atoms with Gasteiger partial charge in [0.15, 0.2) is 11.5 Å². The third kappa shape index (κ3) is 4.78. The molecular formula is C25H27N5O4. The Morgan fingerprint density at radius 1 is 1.15 bits per heavy atom. The summed E-state index contributed by atoms with van der Waals surface area (Å²) >= 11 is 0. The van der Waals surface area contributed by atoms with E-state index in [-0.39, 0.29) is 17.9 Å². The number of carbonyl (C=O) groups excluding carboxylic acids is 1. The highest BCUT2D eigenvalue weighted by Gasteiger charge is 2.16. The number of nitrogens with one attached hydrogen (secondary N) is 2. The van der Waals surface area contributed by atoms with Crippen LogP contribution in [0.5, 0.6) is 11.5 Å². The van der Waals surface area contributed by atoms with Gasteiger partial charge in [0.1, 0.15) is 12.3 Å². The Hall–Kier alpha value is -4.14. The van der Waals surface area contributed by atoms with E-state index in [1.54, 1.807) is 49.4 Å². The molecule has 0 bridgehead atoms. The molecule has 4 rings (SSSR count). The summed E-state index contributed by atoms with van der Waals surface area (Å²) in [6.45, 7) is 4.14. The van der Waals surface area contributed by atoms with Crippen molar-refractivity contribution in [3.05, 3.63) is 75.5 Å². The van der Waals surface area contributed by atoms with E-state index in [9.17, 15) is 9.59 Å². The number of fused-ring (bicyclic) bond motifs is 1. The summed E-state index contributed by atoms with van der Waals surface area (Å²) in [5.74, 6) is 0.878. The lowest BCUT2D eigenvalue weighted by Crippen LogP contribution is -2.19. The minimum atomic E-state index is -0.202. The van der Waals surface area contributed by atoms with Crippen LogP contribution in [0.15, 0.2) is 47.5 Å². The first-order chi connectivity index (χ1) is 16.4. The van der Waals surface area contributed by atoms with E-state index in [0.29, 0.717) is 41.4 Å². The third-order valence-electron chi connectivity index (χ3n) is 5.75. The summed E-state index contributed by atoms with van der Waals surface area (Å²) in [6, 6.07) is 8.95. The molecule has 0 aliphatic rings. The molecule has 2 N–H and O–H groups in total. The van der Waals surface area contributed by atoms with Gasteiger partial charge in [0.2, 0.25) is 5.91 Å². The summed E-state index contributed by atoms with van der Waals surface area (Å²) in [7, 11) is 3.36. The largest absolute Gasteiger partial charge is 0.493 e. The molecule has 0 saturated carbocycles. The Morgan fingerprint density at radius 3 is 2.65 bits per heavy atom. The molecule has 0 fully saturated rings. The van der Waals surface area contributed by atoms with Gasteiger partial charge in [0.25, 0.3) is 5.56 Å². The molecule has 34 heavy (non-hydrogen) atoms. The molecule has 4 aromatic rings. The van der Waals surface area contributed by atoms with E-state index in [1.165, 1.54) is 0 Å². The molecule has 9 nitrogen and oxygen atoms in total. The average molecular weight is 462 g/mol. The fraction of sp³-hybridized carbons (Fsp3) is 0.280. The lowest BCUT2D eigenvalue weighted by molar-refractivity contribution is -0.116. The molecule has 0 aliphatic heterocycles. The van der Waals surface area contributed by atoms with Crippen molar-refractivity contribution >= 4 is 22.6 Å². The number of aromatic nitrogens is 4. The van der Waals surface area contributed by atoms with Crippen molar-refractivity contribution in [1.29, 1.82) is 0 Å². The Labute approximate surface area is 196 Å². The van der Waals surface area contributed by atoms with E-state index < -0.39 is 0 Å². The molecular weight excluding hydrogens is 434 g/mol. The standard InChI is InChI=1S/C25H27N5O4/c1-15-19(25(32)28-24-23(15)16(2)29-30(24)3)6-8-22(31)27-18-5-7-20(33-4)21(13-18)34-14-17-9-11-26-12-10-17/h5,7,9-13H,6,8,14H2,1-4H3,(H,27,31)(H,28,32). The maximum absolute atomic E-state index is 12.7. The lowest BCUT2D eigenvalue weighted by atomic mass is 10.0. The van der Waals surface area contributed by atoms with Crippen LogP contribution in [-0.2, 0) is 24.9 Å². The molecule has 3 heterocycles. The second-order valence-corrected chi connectivity index (χ2v) is 8.05. The van der Waals surface area contributed by atoms with Gasteiger partial charge < -0.3 is 19.8 Å². The Kier molecular flexibility index (Phi) is 6.62. The summed E-state index contributed by atoms with van der Waals surface area (Å²) in [4.78, 5) is 32.2. The van der Waals surface area contributed by atoms with Crippen LogP contribution in [0, 0.1) is 13.8 Å². The van der Waals surface area contributed by atoms with E-state index in [2.05, 4.69) is 20.4 Å². The van der Waals surface area contributed by atoms with Crippen LogP contribution in [0.1, 0.15) is 28.8 Å². The quantitative estimate of drug-likeness (QED) is 0.416. The van der Waals surface area contributed by atoms with Gasteiger partial charge in [-0.25, -0.2) is 0 Å². The topological polar surface area (TPSA) is 111 Å². The summed E-state index contributed by atoms with van der Waals surface area (Å²) < 4.78 is 12.9. The Balaban J connectivity index is 1.45. The first kappa shape index (κ1) is 23.0. The fourth-order valence-corrected chi connectivity index (χ4v) is 4.03. The number of nitrogens with zero attached hydrogens (tertiary/aromatic N) is 3. The van der Waals surface area contributed by atoms with Gasteiger partial charge in [-0.3, -0.25) is 19.3 Å². The molecule has 1 amide bonds. The van der Waals surface area contributed by atoms with Crippen molar-refractivity contribution in [3.8, 4) is 11.5 Å². The van der Waals surface area contributed by atoms with Crippen LogP contribution in [0.3, 0.4) is 0 Å². The second-order valence-electron chi connectivity index (χ2n) is 8.05. The van der Waals surface area contributed by atoms with Crippen LogP contribution < -0.4 is 20.3 Å². The van der Waals surface area contributed by atoms with Crippen LogP contribution in [0.2, 0.25) is 0 Å². The van der Waals surface area contributed by atoms with Crippen molar-refractivity contribution in [2.75, 3.05) is 12.4 Å². The summed E-state index contributed by atoms with van der Waals surface area (Å²) in [6.07, 6.45) is 3.88. The van der Waals surface area contributed by atoms with Gasteiger partial charge >= 0.3 is 0 Å². The van der Waals surface area contributed by atoms with Crippen molar-refractivity contribution in [2.24, 2.45) is 7.05 Å². The highest BCUT2D eigenvalue weighted by molar-refractivity contribution is 5.91. The monoisotopic (exact) mass is 461 g/mol. The van der Waals surface area contributed by atoms with Gasteiger partial charge in [-0.2, -0.15) is 5.10 Å². The third-order valence-corrected chi connectivity index (χ3v) is 5.75. The molecule has 0 radical (unpaired) electrons. The van der Waals surface area contributed by atoms with Crippen molar-refractivity contribution < 1.29 is 14.3 Å². The number of ether oxygens (including phenoxy) is 2. The zero-order valence-corrected chi connectivity index (χ0v) is 19.6. The zero-order valence-electron chi connectivity index (χ0n) is 19.6. The Morgan fingerprint density at radius 2 is 1.91 bits per heavy atom. The molecule has 0 aliphatic carbocycles. The maximum Gasteiger partial charge on any atom is 0.253 e. The SMILES string of the molecule is COc1ccc(NC(=O)CCc2c(C)c3c(C)nn(C)c3[nH]c2=O)cc1OCc1ccncc1. The molecule has 176 valence electrons. The number of amides is 1. The number of anilines is 1. The van der Waals surface area contributed by atoms with Gasteiger partial charge in [0, 0.05) is 48.6 Å². The number of methoxy groups -OCH3 is 1. The van der Waals surface area contributed by atoms with Crippen LogP contribution in [-0.4, -0.2) is 32.8 Å². The maximum atomic E-state index is 12.7. The average Bonchev–Trinajstić information content (AvgIpc) is 3.11. The van der Waals surface area contributed by atoms with Crippen LogP contribution >= 0.6 is 0 Å². The number of aryl methyl sites for hydroxylation is 3. The minimum absolute atomic E-state index is 0.161. The van der Waals surface area contributed by atoms with Crippen LogP contribution in [0.25, 0.3) is 11.0 Å². The first-order valence-electron chi connectivity index (χ1n) is 10.9. The van der Waals surface area contributed by atoms with Crippen molar-refractivity contribution in [2.45, 2.75) is 33.3 Å². The fourth-order valence-electron chi connectivity index (χ4n) is 4.03. The van der Waals surface area contributed by atoms with Crippen molar-refractivity contribution in [3.63, 3.8) is 0 Å². The van der Waals surface area contributed by atoms with E-state index in [1.807, 2.05) is 26.0 Å².